The van der Waals surface area contributed by atoms with E-state index in [9.17, 15) is 4.79 Å². The maximum atomic E-state index is 10.1. The molecule has 0 saturated carbocycles. The zero-order valence-electron chi connectivity index (χ0n) is 8.11. The molecule has 0 fully saturated rings. The van der Waals surface area contributed by atoms with Gasteiger partial charge in [0.25, 0.3) is 0 Å². The SMILES string of the molecule is O.[2H]C([2H])([2H])N(/C=N/N)CC(=O)O. The van der Waals surface area contributed by atoms with E-state index in [2.05, 4.69) is 10.9 Å². The van der Waals surface area contributed by atoms with Gasteiger partial charge in [-0.3, -0.25) is 4.79 Å². The van der Waals surface area contributed by atoms with Gasteiger partial charge in [-0.05, 0) is 0 Å². The number of hydrogen-bond acceptors (Lipinski definition) is 3. The van der Waals surface area contributed by atoms with Crippen LogP contribution < -0.4 is 5.84 Å². The first-order chi connectivity index (χ1) is 5.38. The van der Waals surface area contributed by atoms with Crippen LogP contribution in [0.1, 0.15) is 4.11 Å². The average Bonchev–Trinajstić information content (AvgIpc) is 1.83. The molecule has 0 amide bonds. The molecule has 0 bridgehead atoms. The lowest BCUT2D eigenvalue weighted by Crippen LogP contribution is -2.24. The van der Waals surface area contributed by atoms with Crippen LogP contribution in [0.25, 0.3) is 0 Å². The first-order valence-corrected chi connectivity index (χ1v) is 2.10. The van der Waals surface area contributed by atoms with E-state index in [1.165, 1.54) is 0 Å². The molecule has 6 nitrogen and oxygen atoms in total. The number of nitrogens with two attached hydrogens (primary N) is 1. The first-order valence-electron chi connectivity index (χ1n) is 3.60. The Hall–Kier alpha value is -1.30. The molecule has 0 aromatic heterocycles. The maximum Gasteiger partial charge on any atom is 0.323 e. The number of likely N-dealkylation sites (N-methyl/N-ethyl adjacent to an activating group) is 1. The van der Waals surface area contributed by atoms with E-state index in [1.54, 1.807) is 0 Å². The molecule has 60 valence electrons. The van der Waals surface area contributed by atoms with Gasteiger partial charge in [-0.15, -0.1) is 0 Å². The zero-order valence-corrected chi connectivity index (χ0v) is 5.11. The number of carboxylic acids is 1. The summed E-state index contributed by atoms with van der Waals surface area (Å²) in [6.07, 6.45) is 0.765. The minimum atomic E-state index is -2.53. The first kappa shape index (κ1) is 5.48. The molecular formula is C4H11N3O3. The predicted molar refractivity (Wildman–Crippen MR) is 36.6 cm³/mol. The van der Waals surface area contributed by atoms with Crippen molar-refractivity contribution >= 4 is 12.3 Å². The fraction of sp³-hybridized carbons (Fsp3) is 0.500. The highest BCUT2D eigenvalue weighted by Gasteiger charge is 1.97. The molecule has 0 atom stereocenters. The Balaban J connectivity index is 0. The van der Waals surface area contributed by atoms with Crippen LogP contribution in [0.3, 0.4) is 0 Å². The van der Waals surface area contributed by atoms with Crippen molar-refractivity contribution in [3.8, 4) is 0 Å². The summed E-state index contributed by atoms with van der Waals surface area (Å²) in [5, 5.41) is 11.2. The molecule has 0 spiro atoms. The largest absolute Gasteiger partial charge is 0.480 e. The van der Waals surface area contributed by atoms with Gasteiger partial charge in [-0.25, -0.2) is 0 Å². The summed E-state index contributed by atoms with van der Waals surface area (Å²) in [5.74, 6) is 3.43. The van der Waals surface area contributed by atoms with Gasteiger partial charge in [0.1, 0.15) is 12.9 Å². The van der Waals surface area contributed by atoms with Gasteiger partial charge in [0.15, 0.2) is 0 Å². The van der Waals surface area contributed by atoms with Gasteiger partial charge in [0, 0.05) is 11.1 Å². The molecule has 0 aliphatic carbocycles. The van der Waals surface area contributed by atoms with Crippen LogP contribution in [0.5, 0.6) is 0 Å². The van der Waals surface area contributed by atoms with Crippen molar-refractivity contribution in [2.45, 2.75) is 0 Å². The molecule has 0 aliphatic rings. The van der Waals surface area contributed by atoms with Crippen molar-refractivity contribution in [2.75, 3.05) is 13.5 Å². The van der Waals surface area contributed by atoms with Crippen molar-refractivity contribution in [2.24, 2.45) is 10.9 Å². The quantitative estimate of drug-likeness (QED) is 0.212. The van der Waals surface area contributed by atoms with E-state index >= 15 is 0 Å². The minimum absolute atomic E-state index is 0. The Labute approximate surface area is 62.5 Å². The van der Waals surface area contributed by atoms with E-state index in [1.807, 2.05) is 0 Å². The lowest BCUT2D eigenvalue weighted by molar-refractivity contribution is -0.137. The molecule has 0 radical (unpaired) electrons. The normalized spacial score (nSPS) is 14.6. The summed E-state index contributed by atoms with van der Waals surface area (Å²) in [6.45, 7) is -3.18. The number of aliphatic carboxylic acids is 1. The second-order valence-electron chi connectivity index (χ2n) is 1.29. The third-order valence-electron chi connectivity index (χ3n) is 0.512. The number of hydrazone groups is 1. The van der Waals surface area contributed by atoms with E-state index in [-0.39, 0.29) is 5.48 Å². The highest BCUT2D eigenvalue weighted by atomic mass is 16.4. The highest BCUT2D eigenvalue weighted by Crippen LogP contribution is 1.73. The van der Waals surface area contributed by atoms with Crippen LogP contribution in [0.2, 0.25) is 0 Å². The van der Waals surface area contributed by atoms with Crippen molar-refractivity contribution in [3.63, 3.8) is 0 Å². The number of hydrogen-bond donors (Lipinski definition) is 2. The van der Waals surface area contributed by atoms with Crippen LogP contribution in [0, 0.1) is 0 Å². The number of rotatable bonds is 3. The van der Waals surface area contributed by atoms with Crippen LogP contribution in [0.4, 0.5) is 0 Å². The van der Waals surface area contributed by atoms with E-state index in [0.29, 0.717) is 4.90 Å². The molecule has 0 rings (SSSR count). The van der Waals surface area contributed by atoms with Gasteiger partial charge < -0.3 is 21.3 Å². The molecule has 6 heteroatoms. The minimum Gasteiger partial charge on any atom is -0.480 e. The van der Waals surface area contributed by atoms with Crippen molar-refractivity contribution in [1.29, 1.82) is 0 Å². The second-order valence-corrected chi connectivity index (χ2v) is 1.29. The highest BCUT2D eigenvalue weighted by molar-refractivity contribution is 5.72. The van der Waals surface area contributed by atoms with Gasteiger partial charge in [0.05, 0.1) is 0 Å². The molecule has 0 aliphatic heterocycles. The fourth-order valence-corrected chi connectivity index (χ4v) is 0.267. The molecular weight excluding hydrogens is 138 g/mol. The molecule has 0 aromatic rings. The molecule has 5 N–H and O–H groups in total. The lowest BCUT2D eigenvalue weighted by atomic mass is 10.6. The van der Waals surface area contributed by atoms with Crippen LogP contribution >= 0.6 is 0 Å². The van der Waals surface area contributed by atoms with Gasteiger partial charge in [0.2, 0.25) is 0 Å². The fourth-order valence-electron chi connectivity index (χ4n) is 0.267. The van der Waals surface area contributed by atoms with E-state index in [4.69, 9.17) is 9.22 Å². The zero-order chi connectivity index (χ0) is 9.78. The van der Waals surface area contributed by atoms with E-state index in [0.717, 1.165) is 6.34 Å². The summed E-state index contributed by atoms with van der Waals surface area (Å²) in [6, 6.07) is 0. The number of nitrogens with zero attached hydrogens (tertiary/aromatic N) is 2. The van der Waals surface area contributed by atoms with E-state index < -0.39 is 19.5 Å². The summed E-state index contributed by atoms with van der Waals surface area (Å²) < 4.78 is 20.5. The maximum absolute atomic E-state index is 10.1. The standard InChI is InChI=1S/C4H9N3O2.H2O/c1-7(3-6-5)2-4(8)9;/h3H,2,5H2,1H3,(H,8,9);1H2/b6-3+;/i1D3;. The topological polar surface area (TPSA) is 110 Å². The molecule has 10 heavy (non-hydrogen) atoms. The third kappa shape index (κ3) is 6.70. The molecule has 0 unspecified atom stereocenters. The predicted octanol–water partition coefficient (Wildman–Crippen LogP) is -1.92. The Bertz CT molecular complexity index is 193. The Morgan fingerprint density at radius 3 is 3.00 bits per heavy atom. The molecule has 0 saturated heterocycles. The molecule has 0 heterocycles. The Morgan fingerprint density at radius 2 is 2.70 bits per heavy atom. The lowest BCUT2D eigenvalue weighted by Gasteiger charge is -2.06. The van der Waals surface area contributed by atoms with Crippen molar-refractivity contribution in [3.05, 3.63) is 0 Å². The van der Waals surface area contributed by atoms with Gasteiger partial charge in [-0.2, -0.15) is 5.10 Å². The number of carbonyl (C=O) groups is 1. The van der Waals surface area contributed by atoms with Crippen LogP contribution in [-0.2, 0) is 4.79 Å². The van der Waals surface area contributed by atoms with Gasteiger partial charge in [-0.1, -0.05) is 0 Å². The van der Waals surface area contributed by atoms with Crippen molar-refractivity contribution < 1.29 is 19.5 Å². The summed E-state index contributed by atoms with van der Waals surface area (Å²) in [7, 11) is 0. The second kappa shape index (κ2) is 5.83. The Morgan fingerprint density at radius 1 is 2.10 bits per heavy atom. The van der Waals surface area contributed by atoms with Gasteiger partial charge >= 0.3 is 5.97 Å². The van der Waals surface area contributed by atoms with Crippen LogP contribution in [0.15, 0.2) is 5.10 Å². The monoisotopic (exact) mass is 152 g/mol. The molecule has 0 aromatic carbocycles. The summed E-state index contributed by atoms with van der Waals surface area (Å²) in [4.78, 5) is 10.7. The summed E-state index contributed by atoms with van der Waals surface area (Å²) >= 11 is 0. The van der Waals surface area contributed by atoms with Crippen molar-refractivity contribution in [1.82, 2.24) is 4.90 Å². The smallest absolute Gasteiger partial charge is 0.323 e. The number of carboxylic acid groups (broad SMARTS) is 1. The third-order valence-corrected chi connectivity index (χ3v) is 0.512. The average molecular weight is 152 g/mol. The summed E-state index contributed by atoms with van der Waals surface area (Å²) in [5.41, 5.74) is 0. The Kier molecular flexibility index (Phi) is 3.20. The van der Waals surface area contributed by atoms with Crippen LogP contribution in [-0.4, -0.2) is 41.3 Å².